The van der Waals surface area contributed by atoms with E-state index in [2.05, 4.69) is 51.9 Å². The Kier molecular flexibility index (Phi) is 8.97. The van der Waals surface area contributed by atoms with Gasteiger partial charge in [0.25, 0.3) is 0 Å². The van der Waals surface area contributed by atoms with Crippen molar-refractivity contribution in [3.8, 4) is 11.5 Å². The lowest BCUT2D eigenvalue weighted by Gasteiger charge is -2.19. The molecule has 1 saturated heterocycles. The molecule has 0 spiro atoms. The number of methoxy groups -OCH3 is 2. The highest BCUT2D eigenvalue weighted by molar-refractivity contribution is 7.09. The Morgan fingerprint density at radius 2 is 2.00 bits per heavy atom. The number of guanidine groups is 1. The number of ether oxygens (including phenoxy) is 2. The molecule has 1 aliphatic rings. The molecule has 1 aromatic heterocycles. The number of nitrogens with zero attached hydrogens (tertiary/aromatic N) is 3. The van der Waals surface area contributed by atoms with Crippen molar-refractivity contribution in [2.45, 2.75) is 45.7 Å². The Hall–Kier alpha value is -2.32. The predicted molar refractivity (Wildman–Crippen MR) is 128 cm³/mol. The van der Waals surface area contributed by atoms with Crippen LogP contribution in [0.1, 0.15) is 36.5 Å². The number of hydrogen-bond donors (Lipinski definition) is 2. The minimum atomic E-state index is 0.385. The quantitative estimate of drug-likeness (QED) is 0.433. The fraction of sp³-hybridized carbons (Fsp3) is 0.565. The van der Waals surface area contributed by atoms with Crippen LogP contribution in [-0.4, -0.2) is 62.3 Å². The second kappa shape index (κ2) is 11.9. The largest absolute Gasteiger partial charge is 0.497 e. The Morgan fingerprint density at radius 3 is 2.65 bits per heavy atom. The summed E-state index contributed by atoms with van der Waals surface area (Å²) in [6.07, 6.45) is 2.97. The summed E-state index contributed by atoms with van der Waals surface area (Å²) in [4.78, 5) is 11.9. The molecule has 2 aromatic rings. The van der Waals surface area contributed by atoms with E-state index >= 15 is 0 Å². The molecule has 2 heterocycles. The minimum absolute atomic E-state index is 0.385. The molecule has 0 saturated carbocycles. The molecule has 1 aromatic carbocycles. The Labute approximate surface area is 189 Å². The van der Waals surface area contributed by atoms with Crippen molar-refractivity contribution in [1.29, 1.82) is 0 Å². The summed E-state index contributed by atoms with van der Waals surface area (Å²) < 4.78 is 10.8. The van der Waals surface area contributed by atoms with E-state index < -0.39 is 0 Å². The molecule has 0 aliphatic carbocycles. The highest BCUT2D eigenvalue weighted by Crippen LogP contribution is 2.24. The Bertz CT molecular complexity index is 832. The number of aliphatic imine (C=N–C) groups is 1. The van der Waals surface area contributed by atoms with Crippen molar-refractivity contribution in [3.05, 3.63) is 39.8 Å². The Balaban J connectivity index is 1.51. The van der Waals surface area contributed by atoms with Gasteiger partial charge in [0, 0.05) is 56.6 Å². The van der Waals surface area contributed by atoms with E-state index in [1.807, 2.05) is 6.07 Å². The van der Waals surface area contributed by atoms with Gasteiger partial charge in [0.1, 0.15) is 11.5 Å². The van der Waals surface area contributed by atoms with Gasteiger partial charge < -0.3 is 20.1 Å². The number of thiazole rings is 1. The van der Waals surface area contributed by atoms with Gasteiger partial charge in [-0.15, -0.1) is 11.3 Å². The summed E-state index contributed by atoms with van der Waals surface area (Å²) in [7, 11) is 3.38. The van der Waals surface area contributed by atoms with Crippen LogP contribution in [0.5, 0.6) is 11.5 Å². The van der Waals surface area contributed by atoms with Crippen LogP contribution in [0, 0.1) is 0 Å². The van der Waals surface area contributed by atoms with Crippen molar-refractivity contribution >= 4 is 17.3 Å². The van der Waals surface area contributed by atoms with Crippen LogP contribution < -0.4 is 20.1 Å². The van der Waals surface area contributed by atoms with Crippen molar-refractivity contribution in [2.75, 3.05) is 40.4 Å². The number of likely N-dealkylation sites (tertiary alicyclic amines) is 1. The number of rotatable bonds is 10. The summed E-state index contributed by atoms with van der Waals surface area (Å²) in [5, 5.41) is 10.3. The average molecular weight is 446 g/mol. The monoisotopic (exact) mass is 445 g/mol. The van der Waals surface area contributed by atoms with Crippen LogP contribution in [0.25, 0.3) is 0 Å². The van der Waals surface area contributed by atoms with Gasteiger partial charge in [-0.3, -0.25) is 9.89 Å². The molecule has 8 heteroatoms. The first-order valence-corrected chi connectivity index (χ1v) is 11.9. The standard InChI is InChI=1S/C23H35N5O2S/c1-5-22-26-19(16-31-22)7-9-25-23(24-6-2)27-18-8-10-28(15-18)14-17-11-20(29-3)13-21(12-17)30-4/h11-13,16,18H,5-10,14-15H2,1-4H3,(H2,24,25,27). The fourth-order valence-corrected chi connectivity index (χ4v) is 4.51. The number of hydrogen-bond acceptors (Lipinski definition) is 6. The normalized spacial score (nSPS) is 17.0. The fourth-order valence-electron chi connectivity index (χ4n) is 3.73. The topological polar surface area (TPSA) is 71.0 Å². The molecule has 3 rings (SSSR count). The molecule has 0 amide bonds. The molecule has 1 aliphatic heterocycles. The summed E-state index contributed by atoms with van der Waals surface area (Å²) >= 11 is 1.74. The smallest absolute Gasteiger partial charge is 0.191 e. The van der Waals surface area contributed by atoms with Gasteiger partial charge >= 0.3 is 0 Å². The molecule has 0 radical (unpaired) electrons. The van der Waals surface area contributed by atoms with E-state index in [1.54, 1.807) is 25.6 Å². The maximum Gasteiger partial charge on any atom is 0.191 e. The van der Waals surface area contributed by atoms with Gasteiger partial charge in [-0.05, 0) is 37.5 Å². The molecule has 2 N–H and O–H groups in total. The zero-order valence-electron chi connectivity index (χ0n) is 19.1. The van der Waals surface area contributed by atoms with Gasteiger partial charge in [-0.2, -0.15) is 0 Å². The molecule has 1 fully saturated rings. The summed E-state index contributed by atoms with van der Waals surface area (Å²) in [5.74, 6) is 2.55. The summed E-state index contributed by atoms with van der Waals surface area (Å²) in [5.41, 5.74) is 2.34. The van der Waals surface area contributed by atoms with Crippen LogP contribution in [0.15, 0.2) is 28.6 Å². The number of aromatic nitrogens is 1. The van der Waals surface area contributed by atoms with Crippen LogP contribution in [0.3, 0.4) is 0 Å². The van der Waals surface area contributed by atoms with Crippen molar-refractivity contribution in [1.82, 2.24) is 20.5 Å². The zero-order valence-corrected chi connectivity index (χ0v) is 19.9. The lowest BCUT2D eigenvalue weighted by atomic mass is 10.2. The van der Waals surface area contributed by atoms with Crippen LogP contribution in [0.2, 0.25) is 0 Å². The van der Waals surface area contributed by atoms with E-state index in [0.29, 0.717) is 6.04 Å². The van der Waals surface area contributed by atoms with E-state index in [1.165, 1.54) is 10.6 Å². The van der Waals surface area contributed by atoms with Gasteiger partial charge in [0.15, 0.2) is 5.96 Å². The van der Waals surface area contributed by atoms with Gasteiger partial charge in [-0.1, -0.05) is 6.92 Å². The second-order valence-electron chi connectivity index (χ2n) is 7.68. The van der Waals surface area contributed by atoms with E-state index in [-0.39, 0.29) is 0 Å². The lowest BCUT2D eigenvalue weighted by molar-refractivity contribution is 0.321. The molecule has 0 bridgehead atoms. The van der Waals surface area contributed by atoms with E-state index in [4.69, 9.17) is 14.5 Å². The summed E-state index contributed by atoms with van der Waals surface area (Å²) in [6.45, 7) is 8.74. The van der Waals surface area contributed by atoms with E-state index in [9.17, 15) is 0 Å². The van der Waals surface area contributed by atoms with E-state index in [0.717, 1.165) is 75.1 Å². The predicted octanol–water partition coefficient (Wildman–Crippen LogP) is 3.09. The van der Waals surface area contributed by atoms with Crippen molar-refractivity contribution < 1.29 is 9.47 Å². The Morgan fingerprint density at radius 1 is 1.23 bits per heavy atom. The molecule has 1 atom stereocenters. The maximum absolute atomic E-state index is 5.40. The molecular formula is C23H35N5O2S. The highest BCUT2D eigenvalue weighted by Gasteiger charge is 2.23. The number of aryl methyl sites for hydroxylation is 1. The molecule has 170 valence electrons. The third-order valence-corrected chi connectivity index (χ3v) is 6.36. The average Bonchev–Trinajstić information content (AvgIpc) is 3.42. The number of nitrogens with one attached hydrogen (secondary N) is 2. The van der Waals surface area contributed by atoms with Gasteiger partial charge in [0.05, 0.1) is 24.9 Å². The van der Waals surface area contributed by atoms with Crippen LogP contribution >= 0.6 is 11.3 Å². The van der Waals surface area contributed by atoms with Gasteiger partial charge in [0.2, 0.25) is 0 Å². The molecule has 7 nitrogen and oxygen atoms in total. The first-order valence-electron chi connectivity index (χ1n) is 11.1. The van der Waals surface area contributed by atoms with Crippen molar-refractivity contribution in [2.24, 2.45) is 4.99 Å². The lowest BCUT2D eigenvalue weighted by Crippen LogP contribution is -2.44. The van der Waals surface area contributed by atoms with Crippen LogP contribution in [0.4, 0.5) is 0 Å². The maximum atomic E-state index is 5.40. The van der Waals surface area contributed by atoms with Crippen LogP contribution in [-0.2, 0) is 19.4 Å². The van der Waals surface area contributed by atoms with Gasteiger partial charge in [-0.25, -0.2) is 4.98 Å². The zero-order chi connectivity index (χ0) is 22.1. The third-order valence-electron chi connectivity index (χ3n) is 5.31. The minimum Gasteiger partial charge on any atom is -0.497 e. The first-order chi connectivity index (χ1) is 15.1. The molecule has 31 heavy (non-hydrogen) atoms. The first kappa shape index (κ1) is 23.3. The highest BCUT2D eigenvalue weighted by atomic mass is 32.1. The van der Waals surface area contributed by atoms with Crippen molar-refractivity contribution in [3.63, 3.8) is 0 Å². The SMILES string of the molecule is CCNC(=NCCc1csc(CC)n1)NC1CCN(Cc2cc(OC)cc(OC)c2)C1. The molecular weight excluding hydrogens is 410 g/mol. The molecule has 1 unspecified atom stereocenters. The second-order valence-corrected chi connectivity index (χ2v) is 8.63. The third kappa shape index (κ3) is 7.11. The summed E-state index contributed by atoms with van der Waals surface area (Å²) in [6, 6.07) is 6.46. The number of benzene rings is 1.